The largest absolute Gasteiger partial charge is 0.488 e. The summed E-state index contributed by atoms with van der Waals surface area (Å²) >= 11 is 0. The van der Waals surface area contributed by atoms with Crippen molar-refractivity contribution in [1.82, 2.24) is 10.7 Å². The smallest absolute Gasteiger partial charge is 0.408 e. The minimum atomic E-state index is -0.841. The number of amides is 2. The number of ether oxygens (including phenoxy) is 2. The maximum Gasteiger partial charge on any atom is 0.408 e. The number of benzene rings is 2. The van der Waals surface area contributed by atoms with E-state index >= 15 is 0 Å². The van der Waals surface area contributed by atoms with Gasteiger partial charge >= 0.3 is 6.09 Å². The summed E-state index contributed by atoms with van der Waals surface area (Å²) in [4.78, 5) is 25.0. The van der Waals surface area contributed by atoms with Crippen LogP contribution in [0.4, 0.5) is 4.79 Å². The monoisotopic (exact) mass is 421 g/mol. The van der Waals surface area contributed by atoms with E-state index in [1.807, 2.05) is 60.7 Å². The van der Waals surface area contributed by atoms with E-state index in [0.717, 1.165) is 22.4 Å². The Morgan fingerprint density at radius 3 is 2.58 bits per heavy atom. The molecule has 7 nitrogen and oxygen atoms in total. The summed E-state index contributed by atoms with van der Waals surface area (Å²) in [6, 6.07) is 16.3. The Bertz CT molecular complexity index is 978. The lowest BCUT2D eigenvalue weighted by Crippen LogP contribution is -2.48. The number of hydrogen-bond acceptors (Lipinski definition) is 5. The predicted octanol–water partition coefficient (Wildman–Crippen LogP) is 3.70. The van der Waals surface area contributed by atoms with Crippen molar-refractivity contribution < 1.29 is 19.1 Å². The van der Waals surface area contributed by atoms with Crippen LogP contribution < -0.4 is 15.5 Å². The number of nitrogens with zero attached hydrogens (tertiary/aromatic N) is 1. The average Bonchev–Trinajstić information content (AvgIpc) is 2.72. The molecule has 0 saturated carbocycles. The fourth-order valence-corrected chi connectivity index (χ4v) is 2.97. The summed E-state index contributed by atoms with van der Waals surface area (Å²) in [5, 5.41) is 6.68. The zero-order valence-corrected chi connectivity index (χ0v) is 17.9. The van der Waals surface area contributed by atoms with Gasteiger partial charge in [0.15, 0.2) is 0 Å². The molecule has 0 radical (unpaired) electrons. The normalized spacial score (nSPS) is 14.1. The SMILES string of the molecule is CC(C)(C)OC(=O)N[C@@H](Cc1ccccc1)C(=O)N/N=C/C1=Cc2ccccc2OC1. The van der Waals surface area contributed by atoms with Gasteiger partial charge in [-0.15, -0.1) is 0 Å². The zero-order chi connectivity index (χ0) is 22.3. The number of para-hydroxylation sites is 1. The van der Waals surface area contributed by atoms with Crippen LogP contribution in [0.25, 0.3) is 6.08 Å². The molecule has 0 aromatic heterocycles. The minimum absolute atomic E-state index is 0.306. The standard InChI is InChI=1S/C24H27N3O4/c1-24(2,3)31-23(29)26-20(14-17-9-5-4-6-10-17)22(28)27-25-15-18-13-19-11-7-8-12-21(19)30-16-18/h4-13,15,20H,14,16H2,1-3H3,(H,26,29)(H,27,28)/b25-15+/t20-/m0/s1. The van der Waals surface area contributed by atoms with Gasteiger partial charge in [0.05, 0.1) is 6.21 Å². The summed E-state index contributed by atoms with van der Waals surface area (Å²) < 4.78 is 11.0. The molecule has 0 saturated heterocycles. The Labute approximate surface area is 182 Å². The number of carbonyl (C=O) groups excluding carboxylic acids is 2. The quantitative estimate of drug-likeness (QED) is 0.550. The van der Waals surface area contributed by atoms with Crippen molar-refractivity contribution in [2.24, 2.45) is 5.10 Å². The number of hydrazone groups is 1. The number of nitrogens with one attached hydrogen (secondary N) is 2. The molecule has 0 bridgehead atoms. The molecule has 162 valence electrons. The van der Waals surface area contributed by atoms with E-state index in [4.69, 9.17) is 9.47 Å². The molecule has 1 atom stereocenters. The Kier molecular flexibility index (Phi) is 7.07. The van der Waals surface area contributed by atoms with E-state index in [1.54, 1.807) is 27.0 Å². The molecule has 2 aromatic rings. The first-order chi connectivity index (χ1) is 14.8. The molecule has 1 heterocycles. The highest BCUT2D eigenvalue weighted by Gasteiger charge is 2.24. The molecule has 31 heavy (non-hydrogen) atoms. The van der Waals surface area contributed by atoms with Crippen LogP contribution in [0.3, 0.4) is 0 Å². The number of fused-ring (bicyclic) bond motifs is 1. The number of hydrogen-bond donors (Lipinski definition) is 2. The molecule has 2 amide bonds. The number of carbonyl (C=O) groups is 2. The molecule has 0 unspecified atom stereocenters. The lowest BCUT2D eigenvalue weighted by Gasteiger charge is -2.23. The second-order valence-electron chi connectivity index (χ2n) is 8.17. The Balaban J connectivity index is 1.65. The second kappa shape index (κ2) is 9.93. The maximum absolute atomic E-state index is 12.7. The van der Waals surface area contributed by atoms with E-state index in [2.05, 4.69) is 15.8 Å². The van der Waals surface area contributed by atoms with Crippen LogP contribution in [0.1, 0.15) is 31.9 Å². The van der Waals surface area contributed by atoms with Gasteiger partial charge in [0.25, 0.3) is 5.91 Å². The summed E-state index contributed by atoms with van der Waals surface area (Å²) in [5.74, 6) is 0.372. The Hall–Kier alpha value is -3.61. The van der Waals surface area contributed by atoms with Crippen LogP contribution in [-0.4, -0.2) is 36.5 Å². The van der Waals surface area contributed by atoms with Gasteiger partial charge in [-0.05, 0) is 38.5 Å². The van der Waals surface area contributed by atoms with Gasteiger partial charge < -0.3 is 14.8 Å². The highest BCUT2D eigenvalue weighted by Crippen LogP contribution is 2.24. The van der Waals surface area contributed by atoms with Crippen molar-refractivity contribution in [3.8, 4) is 5.75 Å². The van der Waals surface area contributed by atoms with Gasteiger partial charge in [0, 0.05) is 17.6 Å². The first-order valence-corrected chi connectivity index (χ1v) is 10.1. The molecular weight excluding hydrogens is 394 g/mol. The number of rotatable bonds is 6. The van der Waals surface area contributed by atoms with E-state index in [-0.39, 0.29) is 0 Å². The highest BCUT2D eigenvalue weighted by atomic mass is 16.6. The molecule has 0 spiro atoms. The number of alkyl carbamates (subject to hydrolysis) is 1. The molecule has 7 heteroatoms. The van der Waals surface area contributed by atoms with Gasteiger partial charge in [0.1, 0.15) is 24.0 Å². The third-order valence-electron chi connectivity index (χ3n) is 4.35. The lowest BCUT2D eigenvalue weighted by molar-refractivity contribution is -0.123. The fraction of sp³-hybridized carbons (Fsp3) is 0.292. The van der Waals surface area contributed by atoms with Gasteiger partial charge in [-0.2, -0.15) is 5.10 Å². The molecule has 1 aliphatic heterocycles. The third-order valence-corrected chi connectivity index (χ3v) is 4.35. The highest BCUT2D eigenvalue weighted by molar-refractivity contribution is 5.90. The Morgan fingerprint density at radius 1 is 1.13 bits per heavy atom. The minimum Gasteiger partial charge on any atom is -0.488 e. The van der Waals surface area contributed by atoms with Crippen LogP contribution in [0, 0.1) is 0 Å². The zero-order valence-electron chi connectivity index (χ0n) is 17.9. The maximum atomic E-state index is 12.7. The van der Waals surface area contributed by atoms with Gasteiger partial charge in [-0.1, -0.05) is 48.5 Å². The van der Waals surface area contributed by atoms with E-state index in [0.29, 0.717) is 13.0 Å². The van der Waals surface area contributed by atoms with Crippen molar-refractivity contribution >= 4 is 24.3 Å². The summed E-state index contributed by atoms with van der Waals surface area (Å²) in [6.45, 7) is 5.66. The molecule has 1 aliphatic rings. The van der Waals surface area contributed by atoms with Crippen molar-refractivity contribution in [2.75, 3.05) is 6.61 Å². The first kappa shape index (κ1) is 22.1. The van der Waals surface area contributed by atoms with Crippen molar-refractivity contribution in [3.05, 3.63) is 71.3 Å². The van der Waals surface area contributed by atoms with E-state index < -0.39 is 23.6 Å². The van der Waals surface area contributed by atoms with Gasteiger partial charge in [-0.3, -0.25) is 4.79 Å². The van der Waals surface area contributed by atoms with Crippen LogP contribution in [0.2, 0.25) is 0 Å². The predicted molar refractivity (Wildman–Crippen MR) is 120 cm³/mol. The molecule has 0 aliphatic carbocycles. The van der Waals surface area contributed by atoms with Crippen LogP contribution in [-0.2, 0) is 16.0 Å². The first-order valence-electron chi connectivity index (χ1n) is 10.1. The molecule has 3 rings (SSSR count). The summed E-state index contributed by atoms with van der Waals surface area (Å²) in [5.41, 5.74) is 4.52. The lowest BCUT2D eigenvalue weighted by atomic mass is 10.1. The third kappa shape index (κ3) is 6.99. The molecule has 0 fully saturated rings. The average molecular weight is 421 g/mol. The second-order valence-corrected chi connectivity index (χ2v) is 8.17. The van der Waals surface area contributed by atoms with Crippen LogP contribution >= 0.6 is 0 Å². The van der Waals surface area contributed by atoms with Crippen molar-refractivity contribution in [1.29, 1.82) is 0 Å². The molecular formula is C24H27N3O4. The van der Waals surface area contributed by atoms with Gasteiger partial charge in [-0.25, -0.2) is 10.2 Å². The molecule has 2 aromatic carbocycles. The van der Waals surface area contributed by atoms with Gasteiger partial charge in [0.2, 0.25) is 0 Å². The topological polar surface area (TPSA) is 89.0 Å². The Morgan fingerprint density at radius 2 is 1.84 bits per heavy atom. The van der Waals surface area contributed by atoms with Crippen LogP contribution in [0.5, 0.6) is 5.75 Å². The molecule has 2 N–H and O–H groups in total. The summed E-state index contributed by atoms with van der Waals surface area (Å²) in [7, 11) is 0. The van der Waals surface area contributed by atoms with Crippen molar-refractivity contribution in [2.45, 2.75) is 38.8 Å². The fourth-order valence-electron chi connectivity index (χ4n) is 2.97. The summed E-state index contributed by atoms with van der Waals surface area (Å²) in [6.07, 6.45) is 3.14. The van der Waals surface area contributed by atoms with E-state index in [9.17, 15) is 9.59 Å². The van der Waals surface area contributed by atoms with E-state index in [1.165, 1.54) is 0 Å². The van der Waals surface area contributed by atoms with Crippen LogP contribution in [0.15, 0.2) is 65.3 Å². The van der Waals surface area contributed by atoms with Crippen molar-refractivity contribution in [3.63, 3.8) is 0 Å².